The molecule has 0 spiro atoms. The number of benzene rings is 2. The van der Waals surface area contributed by atoms with E-state index in [1.54, 1.807) is 30.5 Å². The van der Waals surface area contributed by atoms with Crippen molar-refractivity contribution in [3.8, 4) is 0 Å². The zero-order valence-electron chi connectivity index (χ0n) is 14.7. The maximum Gasteiger partial charge on any atom is 0.255 e. The third-order valence-electron chi connectivity index (χ3n) is 3.95. The van der Waals surface area contributed by atoms with Gasteiger partial charge in [-0.2, -0.15) is 0 Å². The van der Waals surface area contributed by atoms with Crippen LogP contribution in [0, 0.1) is 6.92 Å². The molecule has 27 heavy (non-hydrogen) atoms. The number of nitrogens with zero attached hydrogens (tertiary/aromatic N) is 1. The van der Waals surface area contributed by atoms with Crippen LogP contribution < -0.4 is 10.6 Å². The van der Waals surface area contributed by atoms with Gasteiger partial charge in [0.1, 0.15) is 5.82 Å². The molecule has 0 saturated carbocycles. The lowest BCUT2D eigenvalue weighted by Gasteiger charge is -2.08. The number of amides is 2. The molecule has 3 rings (SSSR count). The van der Waals surface area contributed by atoms with Crippen molar-refractivity contribution in [3.63, 3.8) is 0 Å². The molecule has 1 heterocycles. The number of halogens is 1. The third kappa shape index (κ3) is 5.24. The van der Waals surface area contributed by atoms with Crippen LogP contribution in [0.5, 0.6) is 0 Å². The fraction of sp³-hybridized carbons (Fsp3) is 0.0952. The minimum absolute atomic E-state index is 0.136. The molecule has 0 aliphatic rings. The molecule has 0 fully saturated rings. The van der Waals surface area contributed by atoms with Crippen LogP contribution in [0.2, 0.25) is 0 Å². The molecule has 0 atom stereocenters. The van der Waals surface area contributed by atoms with Gasteiger partial charge < -0.3 is 10.6 Å². The predicted octanol–water partition coefficient (Wildman–Crippen LogP) is 4.59. The summed E-state index contributed by atoms with van der Waals surface area (Å²) in [6.07, 6.45) is 1.88. The molecule has 0 unspecified atom stereocenters. The standard InChI is InChI=1S/C21H18BrN3O2/c1-14-3-2-12-23-20(14)25-19(26)13-15-4-10-18(11-5-15)24-21(27)16-6-8-17(22)9-7-16/h2-12H,13H2,1H3,(H,24,27)(H,23,25,26). The van der Waals surface area contributed by atoms with Gasteiger partial charge in [-0.25, -0.2) is 4.98 Å². The average molecular weight is 424 g/mol. The molecular formula is C21H18BrN3O2. The number of carbonyl (C=O) groups is 2. The molecule has 1 aromatic heterocycles. The van der Waals surface area contributed by atoms with E-state index >= 15 is 0 Å². The lowest BCUT2D eigenvalue weighted by atomic mass is 10.1. The molecule has 0 aliphatic heterocycles. The van der Waals surface area contributed by atoms with E-state index in [-0.39, 0.29) is 18.2 Å². The Morgan fingerprint density at radius 2 is 1.67 bits per heavy atom. The smallest absolute Gasteiger partial charge is 0.255 e. The van der Waals surface area contributed by atoms with Crippen LogP contribution in [-0.4, -0.2) is 16.8 Å². The summed E-state index contributed by atoms with van der Waals surface area (Å²) in [7, 11) is 0. The van der Waals surface area contributed by atoms with Gasteiger partial charge in [-0.15, -0.1) is 0 Å². The van der Waals surface area contributed by atoms with Crippen LogP contribution in [0.25, 0.3) is 0 Å². The maximum absolute atomic E-state index is 12.2. The number of nitrogens with one attached hydrogen (secondary N) is 2. The van der Waals surface area contributed by atoms with E-state index in [9.17, 15) is 9.59 Å². The minimum atomic E-state index is -0.182. The summed E-state index contributed by atoms with van der Waals surface area (Å²) in [6, 6.07) is 18.1. The molecule has 3 aromatic rings. The molecule has 0 bridgehead atoms. The van der Waals surface area contributed by atoms with Crippen LogP contribution >= 0.6 is 15.9 Å². The van der Waals surface area contributed by atoms with Gasteiger partial charge in [0.2, 0.25) is 5.91 Å². The highest BCUT2D eigenvalue weighted by atomic mass is 79.9. The molecular weight excluding hydrogens is 406 g/mol. The van der Waals surface area contributed by atoms with E-state index in [0.29, 0.717) is 17.1 Å². The van der Waals surface area contributed by atoms with E-state index < -0.39 is 0 Å². The van der Waals surface area contributed by atoms with Gasteiger partial charge in [0, 0.05) is 21.9 Å². The van der Waals surface area contributed by atoms with Gasteiger partial charge in [-0.3, -0.25) is 9.59 Å². The summed E-state index contributed by atoms with van der Waals surface area (Å²) < 4.78 is 0.919. The Kier molecular flexibility index (Phi) is 5.98. The predicted molar refractivity (Wildman–Crippen MR) is 110 cm³/mol. The molecule has 0 saturated heterocycles. The van der Waals surface area contributed by atoms with Crippen molar-refractivity contribution in [2.75, 3.05) is 10.6 Å². The first-order valence-electron chi connectivity index (χ1n) is 8.38. The number of anilines is 2. The van der Waals surface area contributed by atoms with Crippen LogP contribution in [0.1, 0.15) is 21.5 Å². The maximum atomic E-state index is 12.2. The number of pyridine rings is 1. The number of carbonyl (C=O) groups excluding carboxylic acids is 2. The third-order valence-corrected chi connectivity index (χ3v) is 4.48. The zero-order chi connectivity index (χ0) is 19.2. The number of rotatable bonds is 5. The summed E-state index contributed by atoms with van der Waals surface area (Å²) in [4.78, 5) is 28.6. The first kappa shape index (κ1) is 18.8. The van der Waals surface area contributed by atoms with Crippen molar-refractivity contribution in [2.45, 2.75) is 13.3 Å². The Bertz CT molecular complexity index is 954. The van der Waals surface area contributed by atoms with Gasteiger partial charge in [0.15, 0.2) is 0 Å². The second kappa shape index (κ2) is 8.60. The molecule has 2 amide bonds. The van der Waals surface area contributed by atoms with Gasteiger partial charge in [-0.05, 0) is 60.5 Å². The number of aryl methyl sites for hydroxylation is 1. The summed E-state index contributed by atoms with van der Waals surface area (Å²) in [5.74, 6) is 0.253. The van der Waals surface area contributed by atoms with Crippen molar-refractivity contribution in [2.24, 2.45) is 0 Å². The van der Waals surface area contributed by atoms with Gasteiger partial charge in [-0.1, -0.05) is 34.1 Å². The first-order chi connectivity index (χ1) is 13.0. The molecule has 6 heteroatoms. The molecule has 2 N–H and O–H groups in total. The van der Waals surface area contributed by atoms with Crippen LogP contribution in [-0.2, 0) is 11.2 Å². The minimum Gasteiger partial charge on any atom is -0.322 e. The van der Waals surface area contributed by atoms with Gasteiger partial charge >= 0.3 is 0 Å². The lowest BCUT2D eigenvalue weighted by Crippen LogP contribution is -2.16. The molecule has 2 aromatic carbocycles. The van der Waals surface area contributed by atoms with E-state index in [4.69, 9.17) is 0 Å². The van der Waals surface area contributed by atoms with Crippen molar-refractivity contribution < 1.29 is 9.59 Å². The SMILES string of the molecule is Cc1cccnc1NC(=O)Cc1ccc(NC(=O)c2ccc(Br)cc2)cc1. The number of aromatic nitrogens is 1. The average Bonchev–Trinajstić information content (AvgIpc) is 2.66. The fourth-order valence-corrected chi connectivity index (χ4v) is 2.75. The van der Waals surface area contributed by atoms with Crippen LogP contribution in [0.15, 0.2) is 71.3 Å². The van der Waals surface area contributed by atoms with Crippen molar-refractivity contribution >= 4 is 39.2 Å². The topological polar surface area (TPSA) is 71.1 Å². The van der Waals surface area contributed by atoms with Gasteiger partial charge in [0.05, 0.1) is 6.42 Å². The molecule has 0 aliphatic carbocycles. The van der Waals surface area contributed by atoms with Gasteiger partial charge in [0.25, 0.3) is 5.91 Å². The monoisotopic (exact) mass is 423 g/mol. The summed E-state index contributed by atoms with van der Waals surface area (Å²) >= 11 is 3.35. The largest absolute Gasteiger partial charge is 0.322 e. The van der Waals surface area contributed by atoms with Crippen LogP contribution in [0.4, 0.5) is 11.5 Å². The van der Waals surface area contributed by atoms with E-state index in [1.165, 1.54) is 0 Å². The van der Waals surface area contributed by atoms with E-state index in [2.05, 4.69) is 31.5 Å². The second-order valence-electron chi connectivity index (χ2n) is 6.05. The van der Waals surface area contributed by atoms with E-state index in [1.807, 2.05) is 43.3 Å². The van der Waals surface area contributed by atoms with Crippen molar-refractivity contribution in [1.82, 2.24) is 4.98 Å². The fourth-order valence-electron chi connectivity index (χ4n) is 2.49. The zero-order valence-corrected chi connectivity index (χ0v) is 16.3. The van der Waals surface area contributed by atoms with Crippen LogP contribution in [0.3, 0.4) is 0 Å². The highest BCUT2D eigenvalue weighted by Crippen LogP contribution is 2.15. The first-order valence-corrected chi connectivity index (χ1v) is 9.18. The van der Waals surface area contributed by atoms with E-state index in [0.717, 1.165) is 15.6 Å². The Balaban J connectivity index is 1.58. The summed E-state index contributed by atoms with van der Waals surface area (Å²) in [6.45, 7) is 1.89. The Labute approximate surface area is 166 Å². The summed E-state index contributed by atoms with van der Waals surface area (Å²) in [5.41, 5.74) is 3.01. The second-order valence-corrected chi connectivity index (χ2v) is 6.97. The lowest BCUT2D eigenvalue weighted by molar-refractivity contribution is -0.115. The Morgan fingerprint density at radius 3 is 2.33 bits per heavy atom. The molecule has 0 radical (unpaired) electrons. The summed E-state index contributed by atoms with van der Waals surface area (Å²) in [5, 5.41) is 5.65. The quantitative estimate of drug-likeness (QED) is 0.630. The highest BCUT2D eigenvalue weighted by molar-refractivity contribution is 9.10. The normalized spacial score (nSPS) is 10.3. The van der Waals surface area contributed by atoms with Crippen molar-refractivity contribution in [3.05, 3.63) is 88.0 Å². The number of hydrogen-bond donors (Lipinski definition) is 2. The highest BCUT2D eigenvalue weighted by Gasteiger charge is 2.08. The Morgan fingerprint density at radius 1 is 0.963 bits per heavy atom. The molecule has 136 valence electrons. The van der Waals surface area contributed by atoms with Crippen molar-refractivity contribution in [1.29, 1.82) is 0 Å². The Hall–Kier alpha value is -2.99. The molecule has 5 nitrogen and oxygen atoms in total. The number of hydrogen-bond acceptors (Lipinski definition) is 3.